The summed E-state index contributed by atoms with van der Waals surface area (Å²) in [6.07, 6.45) is 1.21. The molecule has 0 aliphatic carbocycles. The van der Waals surface area contributed by atoms with Crippen molar-refractivity contribution in [2.45, 2.75) is 32.4 Å². The van der Waals surface area contributed by atoms with Gasteiger partial charge >= 0.3 is 0 Å². The molecule has 0 spiro atoms. The quantitative estimate of drug-likeness (QED) is 0.854. The lowest BCUT2D eigenvalue weighted by molar-refractivity contribution is 0.0721. The van der Waals surface area contributed by atoms with Crippen molar-refractivity contribution >= 4 is 23.3 Å². The van der Waals surface area contributed by atoms with Crippen molar-refractivity contribution in [1.29, 1.82) is 0 Å². The number of pyridine rings is 1. The van der Waals surface area contributed by atoms with Crippen LogP contribution in [0.3, 0.4) is 0 Å². The van der Waals surface area contributed by atoms with Crippen LogP contribution in [0.4, 0.5) is 4.39 Å². The molecule has 2 aliphatic heterocycles. The number of nitrogens with zero attached hydrogens (tertiary/aromatic N) is 2. The fourth-order valence-electron chi connectivity index (χ4n) is 3.80. The molecular formula is C19H16ClFN2O4. The minimum Gasteiger partial charge on any atom is -0.502 e. The van der Waals surface area contributed by atoms with E-state index in [1.165, 1.54) is 27.7 Å². The molecule has 140 valence electrons. The van der Waals surface area contributed by atoms with Gasteiger partial charge in [0.05, 0.1) is 16.3 Å². The van der Waals surface area contributed by atoms with Gasteiger partial charge in [-0.05, 0) is 36.1 Å². The van der Waals surface area contributed by atoms with E-state index in [1.807, 2.05) is 0 Å². The number of aromatic nitrogens is 1. The third-order valence-electron chi connectivity index (χ3n) is 5.08. The predicted octanol–water partition coefficient (Wildman–Crippen LogP) is 2.52. The molecule has 0 unspecified atom stereocenters. The lowest BCUT2D eigenvalue weighted by Crippen LogP contribution is -2.42. The molecule has 8 heteroatoms. The van der Waals surface area contributed by atoms with E-state index in [4.69, 9.17) is 11.6 Å². The van der Waals surface area contributed by atoms with Gasteiger partial charge in [0.1, 0.15) is 5.82 Å². The molecule has 1 aromatic carbocycles. The predicted molar refractivity (Wildman–Crippen MR) is 95.8 cm³/mol. The average Bonchev–Trinajstić information content (AvgIpc) is 2.64. The van der Waals surface area contributed by atoms with Crippen LogP contribution >= 0.6 is 11.6 Å². The average molecular weight is 391 g/mol. The number of halogens is 2. The number of carbonyl (C=O) groups is 2. The number of fused-ring (bicyclic) bond motifs is 3. The minimum absolute atomic E-state index is 0.0434. The number of aromatic hydroxyl groups is 1. The van der Waals surface area contributed by atoms with E-state index in [2.05, 4.69) is 0 Å². The van der Waals surface area contributed by atoms with Crippen LogP contribution < -0.4 is 5.56 Å². The molecular weight excluding hydrogens is 375 g/mol. The number of Topliss-reactive ketones (excluding diaryl/α,β-unsaturated/α-hetero) is 1. The van der Waals surface area contributed by atoms with Gasteiger partial charge in [-0.3, -0.25) is 14.4 Å². The van der Waals surface area contributed by atoms with Crippen LogP contribution in [0.2, 0.25) is 5.02 Å². The lowest BCUT2D eigenvalue weighted by atomic mass is 9.91. The van der Waals surface area contributed by atoms with Crippen molar-refractivity contribution in [3.63, 3.8) is 0 Å². The maximum atomic E-state index is 13.3. The molecule has 2 aromatic rings. The number of benzene rings is 1. The zero-order valence-electron chi connectivity index (χ0n) is 14.3. The molecule has 0 fully saturated rings. The highest BCUT2D eigenvalue weighted by Gasteiger charge is 2.35. The second kappa shape index (κ2) is 6.49. The standard InChI is InChI=1S/C19H16ClFN2O4/c20-12-8-10(3-4-13(12)21)9-22-7-5-11-15(18(22)26)17(25)19(27)23-6-1-2-14(24)16(11)23/h3-4,8,25H,1-2,5-7,9H2. The van der Waals surface area contributed by atoms with Gasteiger partial charge in [-0.1, -0.05) is 17.7 Å². The normalized spacial score (nSPS) is 16.3. The Balaban J connectivity index is 1.75. The highest BCUT2D eigenvalue weighted by molar-refractivity contribution is 6.30. The van der Waals surface area contributed by atoms with Crippen LogP contribution in [0, 0.1) is 5.82 Å². The molecule has 2 aliphatic rings. The second-order valence-corrected chi connectivity index (χ2v) is 7.17. The van der Waals surface area contributed by atoms with Crippen LogP contribution in [0.1, 0.15) is 44.8 Å². The van der Waals surface area contributed by atoms with Crippen LogP contribution in [-0.2, 0) is 19.5 Å². The monoisotopic (exact) mass is 390 g/mol. The molecule has 0 bridgehead atoms. The minimum atomic E-state index is -0.711. The Morgan fingerprint density at radius 2 is 1.93 bits per heavy atom. The summed E-state index contributed by atoms with van der Waals surface area (Å²) in [7, 11) is 0. The smallest absolute Gasteiger partial charge is 0.294 e. The Bertz CT molecular complexity index is 1050. The second-order valence-electron chi connectivity index (χ2n) is 6.76. The summed E-state index contributed by atoms with van der Waals surface area (Å²) in [6.45, 7) is 0.829. The molecule has 1 amide bonds. The fourth-order valence-corrected chi connectivity index (χ4v) is 4.00. The molecule has 0 saturated carbocycles. The van der Waals surface area contributed by atoms with Gasteiger partial charge in [-0.25, -0.2) is 4.39 Å². The van der Waals surface area contributed by atoms with Crippen LogP contribution in [0.5, 0.6) is 5.75 Å². The van der Waals surface area contributed by atoms with Crippen molar-refractivity contribution in [2.24, 2.45) is 0 Å². The SMILES string of the molecule is O=C1CCCn2c1c1c(c(O)c2=O)C(=O)N(Cc2ccc(F)c(Cl)c2)CC1. The van der Waals surface area contributed by atoms with E-state index in [0.29, 0.717) is 43.5 Å². The summed E-state index contributed by atoms with van der Waals surface area (Å²) in [5.41, 5.74) is 0.508. The van der Waals surface area contributed by atoms with Crippen LogP contribution in [0.25, 0.3) is 0 Å². The van der Waals surface area contributed by atoms with Crippen molar-refractivity contribution in [3.05, 3.63) is 61.8 Å². The Hall–Kier alpha value is -2.67. The molecule has 0 saturated heterocycles. The topological polar surface area (TPSA) is 79.6 Å². The van der Waals surface area contributed by atoms with Gasteiger partial charge in [0.2, 0.25) is 0 Å². The third kappa shape index (κ3) is 2.82. The Labute approximate surface area is 158 Å². The summed E-state index contributed by atoms with van der Waals surface area (Å²) in [5, 5.41) is 10.3. The maximum absolute atomic E-state index is 13.3. The molecule has 6 nitrogen and oxygen atoms in total. The van der Waals surface area contributed by atoms with Crippen LogP contribution in [0.15, 0.2) is 23.0 Å². The van der Waals surface area contributed by atoms with Gasteiger partial charge in [0.15, 0.2) is 11.5 Å². The largest absolute Gasteiger partial charge is 0.502 e. The van der Waals surface area contributed by atoms with E-state index < -0.39 is 23.0 Å². The Morgan fingerprint density at radius 3 is 2.67 bits per heavy atom. The first-order valence-electron chi connectivity index (χ1n) is 8.63. The summed E-state index contributed by atoms with van der Waals surface area (Å²) in [5.74, 6) is -1.86. The van der Waals surface area contributed by atoms with Gasteiger partial charge in [0, 0.05) is 26.1 Å². The van der Waals surface area contributed by atoms with Crippen LogP contribution in [-0.4, -0.2) is 32.8 Å². The molecule has 4 rings (SSSR count). The first kappa shape index (κ1) is 17.7. The number of hydrogen-bond acceptors (Lipinski definition) is 4. The zero-order chi connectivity index (χ0) is 19.3. The summed E-state index contributed by atoms with van der Waals surface area (Å²) < 4.78 is 14.6. The Kier molecular flexibility index (Phi) is 4.26. The first-order chi connectivity index (χ1) is 12.9. The molecule has 0 radical (unpaired) electrons. The van der Waals surface area contributed by atoms with Gasteiger partial charge in [-0.2, -0.15) is 0 Å². The molecule has 1 N–H and O–H groups in total. The summed E-state index contributed by atoms with van der Waals surface area (Å²) in [6, 6.07) is 4.18. The van der Waals surface area contributed by atoms with E-state index in [9.17, 15) is 23.9 Å². The number of hydrogen-bond donors (Lipinski definition) is 1. The van der Waals surface area contributed by atoms with Crippen molar-refractivity contribution in [1.82, 2.24) is 9.47 Å². The lowest BCUT2D eigenvalue weighted by Gasteiger charge is -2.32. The van der Waals surface area contributed by atoms with Crippen molar-refractivity contribution < 1.29 is 19.1 Å². The van der Waals surface area contributed by atoms with E-state index in [-0.39, 0.29) is 28.6 Å². The number of ketones is 1. The van der Waals surface area contributed by atoms with E-state index in [1.54, 1.807) is 0 Å². The van der Waals surface area contributed by atoms with Gasteiger partial charge in [0.25, 0.3) is 11.5 Å². The highest BCUT2D eigenvalue weighted by atomic mass is 35.5. The summed E-state index contributed by atoms with van der Waals surface area (Å²) >= 11 is 5.79. The molecule has 3 heterocycles. The van der Waals surface area contributed by atoms with E-state index >= 15 is 0 Å². The Morgan fingerprint density at radius 1 is 1.15 bits per heavy atom. The number of carbonyl (C=O) groups excluding carboxylic acids is 2. The molecule has 27 heavy (non-hydrogen) atoms. The maximum Gasteiger partial charge on any atom is 0.294 e. The molecule has 1 aromatic heterocycles. The third-order valence-corrected chi connectivity index (χ3v) is 5.37. The van der Waals surface area contributed by atoms with Crippen molar-refractivity contribution in [2.75, 3.05) is 6.54 Å². The van der Waals surface area contributed by atoms with Gasteiger partial charge < -0.3 is 14.6 Å². The highest BCUT2D eigenvalue weighted by Crippen LogP contribution is 2.31. The number of amides is 1. The summed E-state index contributed by atoms with van der Waals surface area (Å²) in [4.78, 5) is 39.2. The zero-order valence-corrected chi connectivity index (χ0v) is 15.1. The fraction of sp³-hybridized carbons (Fsp3) is 0.316. The van der Waals surface area contributed by atoms with Crippen molar-refractivity contribution in [3.8, 4) is 5.75 Å². The molecule has 0 atom stereocenters. The van der Waals surface area contributed by atoms with Gasteiger partial charge in [-0.15, -0.1) is 0 Å². The van der Waals surface area contributed by atoms with E-state index in [0.717, 1.165) is 0 Å². The first-order valence-corrected chi connectivity index (χ1v) is 9.01. The number of rotatable bonds is 2.